The van der Waals surface area contributed by atoms with Gasteiger partial charge in [0.05, 0.1) is 0 Å². The lowest BCUT2D eigenvalue weighted by Crippen LogP contribution is -2.25. The van der Waals surface area contributed by atoms with Crippen LogP contribution in [0.15, 0.2) is 0 Å². The highest BCUT2D eigenvalue weighted by Gasteiger charge is 2.17. The molecule has 0 bridgehead atoms. The van der Waals surface area contributed by atoms with E-state index in [2.05, 4.69) is 0 Å². The molecule has 0 saturated heterocycles. The molecule has 4 heteroatoms. The van der Waals surface area contributed by atoms with Crippen LogP contribution in [0.25, 0.3) is 0 Å². The predicted octanol–water partition coefficient (Wildman–Crippen LogP) is 0.999. The molecule has 0 aliphatic heterocycles. The number of hydrogen-bond donors (Lipinski definition) is 2. The van der Waals surface area contributed by atoms with Crippen molar-refractivity contribution in [2.24, 2.45) is 17.6 Å². The van der Waals surface area contributed by atoms with E-state index in [4.69, 9.17) is 10.8 Å². The van der Waals surface area contributed by atoms with Gasteiger partial charge in [-0.1, -0.05) is 13.8 Å². The normalized spacial score (nSPS) is 12.8. The molecule has 0 aliphatic rings. The van der Waals surface area contributed by atoms with Crippen molar-refractivity contribution in [3.63, 3.8) is 0 Å². The van der Waals surface area contributed by atoms with Crippen LogP contribution < -0.4 is 5.73 Å². The molecule has 0 heterocycles. The smallest absolute Gasteiger partial charge is 0.303 e. The molecule has 76 valence electrons. The monoisotopic (exact) mass is 187 g/mol. The average molecular weight is 187 g/mol. The summed E-state index contributed by atoms with van der Waals surface area (Å²) in [7, 11) is 0. The highest BCUT2D eigenvalue weighted by molar-refractivity contribution is 5.77. The third-order valence-electron chi connectivity index (χ3n) is 1.86. The van der Waals surface area contributed by atoms with Crippen molar-refractivity contribution in [2.45, 2.75) is 33.1 Å². The molecule has 3 N–H and O–H groups in total. The first-order valence-electron chi connectivity index (χ1n) is 4.44. The minimum Gasteiger partial charge on any atom is -0.481 e. The summed E-state index contributed by atoms with van der Waals surface area (Å²) < 4.78 is 0. The van der Waals surface area contributed by atoms with Crippen molar-refractivity contribution in [2.75, 3.05) is 0 Å². The Hall–Kier alpha value is -1.06. The number of carbonyl (C=O) groups is 2. The topological polar surface area (TPSA) is 80.4 Å². The third kappa shape index (κ3) is 6.13. The molecule has 4 nitrogen and oxygen atoms in total. The molecular formula is C9H17NO3. The highest BCUT2D eigenvalue weighted by atomic mass is 16.4. The van der Waals surface area contributed by atoms with E-state index >= 15 is 0 Å². The Labute approximate surface area is 78.1 Å². The number of amides is 1. The van der Waals surface area contributed by atoms with Crippen molar-refractivity contribution in [1.29, 1.82) is 0 Å². The molecule has 0 saturated carbocycles. The van der Waals surface area contributed by atoms with Gasteiger partial charge in [-0.05, 0) is 18.8 Å². The standard InChI is InChI=1S/C9H17NO3/c1-6(2)5-7(9(10)13)3-4-8(11)12/h6-7H,3-5H2,1-2H3,(H2,10,13)(H,11,12)/t7-/m1/s1. The predicted molar refractivity (Wildman–Crippen MR) is 49.0 cm³/mol. The van der Waals surface area contributed by atoms with E-state index in [1.807, 2.05) is 13.8 Å². The van der Waals surface area contributed by atoms with Crippen LogP contribution in [-0.2, 0) is 9.59 Å². The lowest BCUT2D eigenvalue weighted by molar-refractivity contribution is -0.137. The number of hydrogen-bond acceptors (Lipinski definition) is 2. The van der Waals surface area contributed by atoms with Gasteiger partial charge in [0.15, 0.2) is 0 Å². The first-order chi connectivity index (χ1) is 5.93. The third-order valence-corrected chi connectivity index (χ3v) is 1.86. The second-order valence-corrected chi connectivity index (χ2v) is 3.66. The first-order valence-corrected chi connectivity index (χ1v) is 4.44. The SMILES string of the molecule is CC(C)C[C@@H](CCC(=O)O)C(N)=O. The van der Waals surface area contributed by atoms with E-state index in [0.717, 1.165) is 0 Å². The zero-order chi connectivity index (χ0) is 10.4. The number of carboxylic acids is 1. The van der Waals surface area contributed by atoms with Crippen LogP contribution in [0.3, 0.4) is 0 Å². The molecule has 1 amide bonds. The van der Waals surface area contributed by atoms with Crippen molar-refractivity contribution in [3.8, 4) is 0 Å². The highest BCUT2D eigenvalue weighted by Crippen LogP contribution is 2.16. The number of carboxylic acid groups (broad SMARTS) is 1. The number of primary amides is 1. The molecular weight excluding hydrogens is 170 g/mol. The van der Waals surface area contributed by atoms with Crippen LogP contribution in [0.4, 0.5) is 0 Å². The zero-order valence-corrected chi connectivity index (χ0v) is 8.12. The van der Waals surface area contributed by atoms with Crippen LogP contribution in [0, 0.1) is 11.8 Å². The average Bonchev–Trinajstić information content (AvgIpc) is 1.96. The summed E-state index contributed by atoms with van der Waals surface area (Å²) >= 11 is 0. The van der Waals surface area contributed by atoms with Gasteiger partial charge in [0.1, 0.15) is 0 Å². The second kappa shape index (κ2) is 5.56. The summed E-state index contributed by atoms with van der Waals surface area (Å²) in [6, 6.07) is 0. The molecule has 0 aromatic heterocycles. The Morgan fingerprint density at radius 3 is 2.23 bits per heavy atom. The molecule has 0 aromatic carbocycles. The summed E-state index contributed by atoms with van der Waals surface area (Å²) in [6.07, 6.45) is 1.03. The number of carbonyl (C=O) groups excluding carboxylic acids is 1. The quantitative estimate of drug-likeness (QED) is 0.650. The summed E-state index contributed by atoms with van der Waals surface area (Å²) in [5.74, 6) is -1.20. The van der Waals surface area contributed by atoms with Gasteiger partial charge in [-0.2, -0.15) is 0 Å². The van der Waals surface area contributed by atoms with Crippen molar-refractivity contribution < 1.29 is 14.7 Å². The zero-order valence-electron chi connectivity index (χ0n) is 8.12. The maximum atomic E-state index is 10.9. The van der Waals surface area contributed by atoms with E-state index in [9.17, 15) is 9.59 Å². The van der Waals surface area contributed by atoms with Gasteiger partial charge >= 0.3 is 5.97 Å². The first kappa shape index (κ1) is 11.9. The largest absolute Gasteiger partial charge is 0.481 e. The van der Waals surface area contributed by atoms with Crippen molar-refractivity contribution in [1.82, 2.24) is 0 Å². The fourth-order valence-electron chi connectivity index (χ4n) is 1.24. The number of nitrogens with two attached hydrogens (primary N) is 1. The summed E-state index contributed by atoms with van der Waals surface area (Å²) in [4.78, 5) is 21.1. The van der Waals surface area contributed by atoms with Crippen LogP contribution in [-0.4, -0.2) is 17.0 Å². The summed E-state index contributed by atoms with van der Waals surface area (Å²) in [5.41, 5.74) is 5.14. The minimum absolute atomic E-state index is 0.0142. The summed E-state index contributed by atoms with van der Waals surface area (Å²) in [5, 5.41) is 8.43. The molecule has 0 rings (SSSR count). The lowest BCUT2D eigenvalue weighted by Gasteiger charge is -2.13. The maximum Gasteiger partial charge on any atom is 0.303 e. The van der Waals surface area contributed by atoms with E-state index in [0.29, 0.717) is 18.8 Å². The fraction of sp³-hybridized carbons (Fsp3) is 0.778. The Kier molecular flexibility index (Phi) is 5.11. The molecule has 0 fully saturated rings. The summed E-state index contributed by atoms with van der Waals surface area (Å²) in [6.45, 7) is 3.97. The molecule has 1 atom stereocenters. The van der Waals surface area contributed by atoms with Gasteiger partial charge < -0.3 is 10.8 Å². The second-order valence-electron chi connectivity index (χ2n) is 3.66. The van der Waals surface area contributed by atoms with Crippen LogP contribution in [0.1, 0.15) is 33.1 Å². The van der Waals surface area contributed by atoms with Gasteiger partial charge in [-0.25, -0.2) is 0 Å². The molecule has 0 radical (unpaired) electrons. The van der Waals surface area contributed by atoms with Crippen molar-refractivity contribution in [3.05, 3.63) is 0 Å². The van der Waals surface area contributed by atoms with E-state index in [1.165, 1.54) is 0 Å². The van der Waals surface area contributed by atoms with Gasteiger partial charge in [0, 0.05) is 12.3 Å². The van der Waals surface area contributed by atoms with E-state index in [-0.39, 0.29) is 12.3 Å². The Bertz CT molecular complexity index is 189. The van der Waals surface area contributed by atoms with Gasteiger partial charge in [-0.15, -0.1) is 0 Å². The maximum absolute atomic E-state index is 10.9. The van der Waals surface area contributed by atoms with Crippen LogP contribution >= 0.6 is 0 Å². The molecule has 13 heavy (non-hydrogen) atoms. The number of aliphatic carboxylic acids is 1. The van der Waals surface area contributed by atoms with Gasteiger partial charge in [0.25, 0.3) is 0 Å². The fourth-order valence-corrected chi connectivity index (χ4v) is 1.24. The molecule has 0 aliphatic carbocycles. The molecule has 0 spiro atoms. The molecule has 0 unspecified atom stereocenters. The van der Waals surface area contributed by atoms with E-state index in [1.54, 1.807) is 0 Å². The van der Waals surface area contributed by atoms with Gasteiger partial charge in [-0.3, -0.25) is 9.59 Å². The minimum atomic E-state index is -0.880. The lowest BCUT2D eigenvalue weighted by atomic mass is 9.92. The Morgan fingerprint density at radius 2 is 1.92 bits per heavy atom. The molecule has 0 aromatic rings. The number of rotatable bonds is 6. The van der Waals surface area contributed by atoms with E-state index < -0.39 is 11.9 Å². The van der Waals surface area contributed by atoms with Crippen LogP contribution in [0.5, 0.6) is 0 Å². The Morgan fingerprint density at radius 1 is 1.38 bits per heavy atom. The van der Waals surface area contributed by atoms with Crippen molar-refractivity contribution >= 4 is 11.9 Å². The Balaban J connectivity index is 3.95. The van der Waals surface area contributed by atoms with Gasteiger partial charge in [0.2, 0.25) is 5.91 Å². The van der Waals surface area contributed by atoms with Crippen LogP contribution in [0.2, 0.25) is 0 Å².